The van der Waals surface area contributed by atoms with Gasteiger partial charge in [0.1, 0.15) is 11.4 Å². The molecule has 0 spiro atoms. The van der Waals surface area contributed by atoms with Crippen molar-refractivity contribution in [1.82, 2.24) is 10.6 Å². The third-order valence-corrected chi connectivity index (χ3v) is 4.09. The van der Waals surface area contributed by atoms with Crippen LogP contribution >= 0.6 is 0 Å². The summed E-state index contributed by atoms with van der Waals surface area (Å²) in [5.41, 5.74) is 1.27. The lowest BCUT2D eigenvalue weighted by Crippen LogP contribution is -2.47. The van der Waals surface area contributed by atoms with E-state index in [9.17, 15) is 9.90 Å². The number of carbonyl (C=O) groups excluding carboxylic acids is 1. The van der Waals surface area contributed by atoms with Gasteiger partial charge in [-0.15, -0.1) is 0 Å². The highest BCUT2D eigenvalue weighted by molar-refractivity contribution is 5.68. The number of para-hydroxylation sites is 1. The number of carbonyl (C=O) groups is 1. The number of aromatic hydroxyl groups is 1. The predicted octanol–water partition coefficient (Wildman–Crippen LogP) is 3.24. The van der Waals surface area contributed by atoms with Crippen LogP contribution in [0.1, 0.15) is 51.2 Å². The normalized spacial score (nSPS) is 21.2. The first kappa shape index (κ1) is 17.6. The lowest BCUT2D eigenvalue weighted by atomic mass is 10.1. The third-order valence-electron chi connectivity index (χ3n) is 4.09. The highest BCUT2D eigenvalue weighted by atomic mass is 16.6. The number of nitrogens with one attached hydrogen (secondary N) is 2. The van der Waals surface area contributed by atoms with E-state index in [2.05, 4.69) is 10.6 Å². The zero-order valence-electron chi connectivity index (χ0n) is 14.5. The van der Waals surface area contributed by atoms with Gasteiger partial charge in [0.25, 0.3) is 0 Å². The van der Waals surface area contributed by atoms with Gasteiger partial charge in [-0.1, -0.05) is 18.2 Å². The van der Waals surface area contributed by atoms with Crippen molar-refractivity contribution in [3.8, 4) is 5.75 Å². The average Bonchev–Trinajstić information content (AvgIpc) is 2.85. The monoisotopic (exact) mass is 320 g/mol. The summed E-state index contributed by atoms with van der Waals surface area (Å²) < 4.78 is 5.33. The van der Waals surface area contributed by atoms with Gasteiger partial charge < -0.3 is 20.5 Å². The lowest BCUT2D eigenvalue weighted by molar-refractivity contribution is 0.0498. The van der Waals surface area contributed by atoms with Crippen LogP contribution in [0.3, 0.4) is 0 Å². The smallest absolute Gasteiger partial charge is 0.407 e. The summed E-state index contributed by atoms with van der Waals surface area (Å²) in [4.78, 5) is 11.9. The molecule has 23 heavy (non-hydrogen) atoms. The Morgan fingerprint density at radius 1 is 1.30 bits per heavy atom. The van der Waals surface area contributed by atoms with E-state index in [0.29, 0.717) is 12.3 Å². The summed E-state index contributed by atoms with van der Waals surface area (Å²) in [7, 11) is 0. The van der Waals surface area contributed by atoms with Crippen molar-refractivity contribution in [3.05, 3.63) is 29.3 Å². The zero-order chi connectivity index (χ0) is 17.0. The Bertz CT molecular complexity index is 552. The Hall–Kier alpha value is -1.75. The number of phenols is 1. The first-order valence-corrected chi connectivity index (χ1v) is 8.26. The van der Waals surface area contributed by atoms with Crippen molar-refractivity contribution in [2.75, 3.05) is 0 Å². The fourth-order valence-corrected chi connectivity index (χ4v) is 2.94. The molecule has 5 nitrogen and oxygen atoms in total. The minimum atomic E-state index is -0.487. The minimum Gasteiger partial charge on any atom is -0.507 e. The maximum absolute atomic E-state index is 11.9. The topological polar surface area (TPSA) is 70.6 Å². The van der Waals surface area contributed by atoms with Crippen molar-refractivity contribution < 1.29 is 14.6 Å². The summed E-state index contributed by atoms with van der Waals surface area (Å²) in [6.45, 7) is 8.05. The summed E-state index contributed by atoms with van der Waals surface area (Å²) in [5, 5.41) is 16.5. The summed E-state index contributed by atoms with van der Waals surface area (Å²) in [6, 6.07) is 6.01. The van der Waals surface area contributed by atoms with Gasteiger partial charge in [0.05, 0.1) is 0 Å². The Labute approximate surface area is 138 Å². The predicted molar refractivity (Wildman–Crippen MR) is 90.5 cm³/mol. The molecule has 0 saturated heterocycles. The maximum atomic E-state index is 11.9. The van der Waals surface area contributed by atoms with E-state index < -0.39 is 5.60 Å². The van der Waals surface area contributed by atoms with Crippen LogP contribution in [0, 0.1) is 6.92 Å². The molecule has 0 radical (unpaired) electrons. The van der Waals surface area contributed by atoms with E-state index in [1.165, 1.54) is 0 Å². The highest BCUT2D eigenvalue weighted by Crippen LogP contribution is 2.24. The lowest BCUT2D eigenvalue weighted by Gasteiger charge is -2.25. The number of alkyl carbamates (subject to hydrolysis) is 1. The minimum absolute atomic E-state index is 0.0665. The number of rotatable bonds is 4. The van der Waals surface area contributed by atoms with Crippen LogP contribution < -0.4 is 10.6 Å². The number of ether oxygens (including phenoxy) is 1. The molecule has 1 saturated carbocycles. The molecule has 1 aliphatic carbocycles. The molecule has 1 aromatic carbocycles. The number of hydrogen-bond donors (Lipinski definition) is 3. The molecule has 2 unspecified atom stereocenters. The summed E-state index contributed by atoms with van der Waals surface area (Å²) >= 11 is 0. The number of hydrogen-bond acceptors (Lipinski definition) is 4. The van der Waals surface area contributed by atoms with Gasteiger partial charge in [-0.2, -0.15) is 0 Å². The second kappa shape index (κ2) is 7.21. The van der Waals surface area contributed by atoms with Crippen molar-refractivity contribution >= 4 is 6.09 Å². The zero-order valence-corrected chi connectivity index (χ0v) is 14.5. The van der Waals surface area contributed by atoms with Crippen LogP contribution in [-0.4, -0.2) is 28.9 Å². The fourth-order valence-electron chi connectivity index (χ4n) is 2.94. The molecule has 1 aliphatic rings. The van der Waals surface area contributed by atoms with Crippen LogP contribution in [0.15, 0.2) is 18.2 Å². The molecule has 5 heteroatoms. The van der Waals surface area contributed by atoms with E-state index in [1.807, 2.05) is 45.9 Å². The summed E-state index contributed by atoms with van der Waals surface area (Å²) in [6.07, 6.45) is 2.65. The van der Waals surface area contributed by atoms with Crippen molar-refractivity contribution in [2.45, 2.75) is 71.2 Å². The first-order valence-electron chi connectivity index (χ1n) is 8.26. The molecule has 0 aromatic heterocycles. The number of amides is 1. The van der Waals surface area contributed by atoms with E-state index in [-0.39, 0.29) is 18.2 Å². The van der Waals surface area contributed by atoms with Crippen molar-refractivity contribution in [2.24, 2.45) is 0 Å². The van der Waals surface area contributed by atoms with Gasteiger partial charge in [-0.25, -0.2) is 4.79 Å². The molecule has 1 amide bonds. The SMILES string of the molecule is Cc1cccc(CNC2CCCC2NC(=O)OC(C)(C)C)c1O. The second-order valence-corrected chi connectivity index (χ2v) is 7.25. The Balaban J connectivity index is 1.89. The van der Waals surface area contributed by atoms with Crippen LogP contribution in [0.4, 0.5) is 4.79 Å². The van der Waals surface area contributed by atoms with Crippen LogP contribution in [0.25, 0.3) is 0 Å². The molecule has 0 aliphatic heterocycles. The van der Waals surface area contributed by atoms with Gasteiger partial charge in [-0.3, -0.25) is 0 Å². The van der Waals surface area contributed by atoms with Crippen LogP contribution in [-0.2, 0) is 11.3 Å². The third kappa shape index (κ3) is 5.13. The Morgan fingerprint density at radius 3 is 2.70 bits per heavy atom. The number of benzene rings is 1. The first-order chi connectivity index (χ1) is 10.8. The highest BCUT2D eigenvalue weighted by Gasteiger charge is 2.29. The molecular formula is C18H28N2O3. The van der Waals surface area contributed by atoms with Crippen molar-refractivity contribution in [1.29, 1.82) is 0 Å². The fraction of sp³-hybridized carbons (Fsp3) is 0.611. The van der Waals surface area contributed by atoms with Gasteiger partial charge in [-0.05, 0) is 52.5 Å². The molecular weight excluding hydrogens is 292 g/mol. The van der Waals surface area contributed by atoms with Crippen LogP contribution in [0.2, 0.25) is 0 Å². The molecule has 0 bridgehead atoms. The van der Waals surface area contributed by atoms with Gasteiger partial charge in [0.2, 0.25) is 0 Å². The van der Waals surface area contributed by atoms with Gasteiger partial charge >= 0.3 is 6.09 Å². The molecule has 1 fully saturated rings. The average molecular weight is 320 g/mol. The number of aryl methyl sites for hydroxylation is 1. The maximum Gasteiger partial charge on any atom is 0.407 e. The molecule has 2 rings (SSSR count). The van der Waals surface area contributed by atoms with E-state index >= 15 is 0 Å². The van der Waals surface area contributed by atoms with Gasteiger partial charge in [0, 0.05) is 24.2 Å². The number of phenolic OH excluding ortho intramolecular Hbond substituents is 1. The second-order valence-electron chi connectivity index (χ2n) is 7.25. The van der Waals surface area contributed by atoms with E-state index in [1.54, 1.807) is 0 Å². The van der Waals surface area contributed by atoms with Gasteiger partial charge in [0.15, 0.2) is 0 Å². The van der Waals surface area contributed by atoms with E-state index in [4.69, 9.17) is 4.74 Å². The largest absolute Gasteiger partial charge is 0.507 e. The summed E-state index contributed by atoms with van der Waals surface area (Å²) in [5.74, 6) is 0.342. The van der Waals surface area contributed by atoms with Crippen molar-refractivity contribution in [3.63, 3.8) is 0 Å². The molecule has 128 valence electrons. The Kier molecular flexibility index (Phi) is 5.52. The quantitative estimate of drug-likeness (QED) is 0.796. The Morgan fingerprint density at radius 2 is 2.00 bits per heavy atom. The van der Waals surface area contributed by atoms with Crippen LogP contribution in [0.5, 0.6) is 5.75 Å². The van der Waals surface area contributed by atoms with E-state index in [0.717, 1.165) is 30.4 Å². The molecule has 0 heterocycles. The molecule has 1 aromatic rings. The molecule has 2 atom stereocenters. The standard InChI is InChI=1S/C18H28N2O3/c1-12-7-5-8-13(16(12)21)11-19-14-9-6-10-15(14)20-17(22)23-18(2,3)4/h5,7-8,14-15,19,21H,6,9-11H2,1-4H3,(H,20,22). The molecule has 3 N–H and O–H groups in total.